The Hall–Kier alpha value is -1.58. The number of halogens is 1. The van der Waals surface area contributed by atoms with Crippen molar-refractivity contribution in [2.75, 3.05) is 0 Å². The van der Waals surface area contributed by atoms with Gasteiger partial charge in [-0.05, 0) is 57.2 Å². The van der Waals surface area contributed by atoms with E-state index in [1.54, 1.807) is 12.1 Å². The Labute approximate surface area is 126 Å². The molecule has 1 saturated carbocycles. The number of hydrogen-bond donors (Lipinski definition) is 2. The minimum Gasteiger partial charge on any atom is -0.334 e. The number of benzene rings is 1. The molecule has 0 bridgehead atoms. The molecule has 0 aliphatic heterocycles. The zero-order valence-corrected chi connectivity index (χ0v) is 13.1. The molecular formula is C17H25FN2O. The zero-order valence-electron chi connectivity index (χ0n) is 13.1. The van der Waals surface area contributed by atoms with E-state index in [1.165, 1.54) is 25.0 Å². The summed E-state index contributed by atoms with van der Waals surface area (Å²) in [4.78, 5) is 12.2. The van der Waals surface area contributed by atoms with Gasteiger partial charge in [0.05, 0.1) is 6.04 Å². The molecule has 1 fully saturated rings. The summed E-state index contributed by atoms with van der Waals surface area (Å²) in [5.74, 6) is 0.184. The molecule has 0 heterocycles. The molecule has 1 unspecified atom stereocenters. The Morgan fingerprint density at radius 1 is 1.19 bits per heavy atom. The lowest BCUT2D eigenvalue weighted by Crippen LogP contribution is -2.48. The third-order valence-corrected chi connectivity index (χ3v) is 3.88. The molecular weight excluding hydrogens is 267 g/mol. The highest BCUT2D eigenvalue weighted by Crippen LogP contribution is 2.35. The molecule has 0 spiro atoms. The standard InChI is InChI=1S/C17H25FN2O/c1-17(2,3)20-16(21)19-15(12-6-4-5-7-12)13-8-10-14(18)11-9-13/h8-12,15H,4-7H2,1-3H3,(H2,19,20,21). The van der Waals surface area contributed by atoms with Gasteiger partial charge in [0.1, 0.15) is 5.82 Å². The first-order valence-corrected chi connectivity index (χ1v) is 7.69. The first-order valence-electron chi connectivity index (χ1n) is 7.69. The van der Waals surface area contributed by atoms with E-state index in [0.29, 0.717) is 5.92 Å². The van der Waals surface area contributed by atoms with Crippen LogP contribution in [0.3, 0.4) is 0 Å². The van der Waals surface area contributed by atoms with Crippen molar-refractivity contribution in [2.45, 2.75) is 58.0 Å². The van der Waals surface area contributed by atoms with Gasteiger partial charge in [0, 0.05) is 5.54 Å². The number of amides is 2. The van der Waals surface area contributed by atoms with E-state index in [1.807, 2.05) is 20.8 Å². The van der Waals surface area contributed by atoms with E-state index in [9.17, 15) is 9.18 Å². The molecule has 1 aromatic carbocycles. The topological polar surface area (TPSA) is 41.1 Å². The molecule has 2 amide bonds. The fourth-order valence-corrected chi connectivity index (χ4v) is 2.95. The SMILES string of the molecule is CC(C)(C)NC(=O)NC(c1ccc(F)cc1)C1CCCC1. The summed E-state index contributed by atoms with van der Waals surface area (Å²) < 4.78 is 13.1. The van der Waals surface area contributed by atoms with E-state index in [4.69, 9.17) is 0 Å². The van der Waals surface area contributed by atoms with Gasteiger partial charge >= 0.3 is 6.03 Å². The lowest BCUT2D eigenvalue weighted by Gasteiger charge is -2.28. The fraction of sp³-hybridized carbons (Fsp3) is 0.588. The van der Waals surface area contributed by atoms with Gasteiger partial charge in [0.2, 0.25) is 0 Å². The quantitative estimate of drug-likeness (QED) is 0.863. The number of hydrogen-bond acceptors (Lipinski definition) is 1. The Bertz CT molecular complexity index is 473. The molecule has 2 N–H and O–H groups in total. The molecule has 116 valence electrons. The van der Waals surface area contributed by atoms with Crippen molar-refractivity contribution < 1.29 is 9.18 Å². The summed E-state index contributed by atoms with van der Waals surface area (Å²) in [6.07, 6.45) is 4.62. The van der Waals surface area contributed by atoms with Gasteiger partial charge in [-0.3, -0.25) is 0 Å². The Balaban J connectivity index is 2.12. The van der Waals surface area contributed by atoms with Crippen molar-refractivity contribution in [3.63, 3.8) is 0 Å². The summed E-state index contributed by atoms with van der Waals surface area (Å²) in [6, 6.07) is 6.26. The molecule has 0 aromatic heterocycles. The summed E-state index contributed by atoms with van der Waals surface area (Å²) in [5.41, 5.74) is 0.708. The van der Waals surface area contributed by atoms with Gasteiger partial charge in [-0.25, -0.2) is 9.18 Å². The smallest absolute Gasteiger partial charge is 0.315 e. The van der Waals surface area contributed by atoms with Gasteiger partial charge < -0.3 is 10.6 Å². The summed E-state index contributed by atoms with van der Waals surface area (Å²) in [6.45, 7) is 5.86. The average Bonchev–Trinajstić information content (AvgIpc) is 2.88. The van der Waals surface area contributed by atoms with Crippen LogP contribution >= 0.6 is 0 Å². The highest BCUT2D eigenvalue weighted by molar-refractivity contribution is 5.75. The molecule has 0 saturated heterocycles. The van der Waals surface area contributed by atoms with Crippen molar-refractivity contribution in [1.82, 2.24) is 10.6 Å². The molecule has 1 aliphatic rings. The van der Waals surface area contributed by atoms with Crippen LogP contribution in [-0.4, -0.2) is 11.6 Å². The van der Waals surface area contributed by atoms with Crippen molar-refractivity contribution in [3.05, 3.63) is 35.6 Å². The second-order valence-electron chi connectivity index (χ2n) is 6.92. The number of carbonyl (C=O) groups excluding carboxylic acids is 1. The summed E-state index contributed by atoms with van der Waals surface area (Å²) in [5, 5.41) is 6.01. The van der Waals surface area contributed by atoms with Crippen molar-refractivity contribution in [2.24, 2.45) is 5.92 Å². The van der Waals surface area contributed by atoms with E-state index in [0.717, 1.165) is 18.4 Å². The third kappa shape index (κ3) is 4.73. The predicted octanol–water partition coefficient (Wildman–Crippen LogP) is 4.15. The van der Waals surface area contributed by atoms with Crippen LogP contribution < -0.4 is 10.6 Å². The summed E-state index contributed by atoms with van der Waals surface area (Å²) in [7, 11) is 0. The van der Waals surface area contributed by atoms with Gasteiger partial charge in [0.15, 0.2) is 0 Å². The third-order valence-electron chi connectivity index (χ3n) is 3.88. The second-order valence-corrected chi connectivity index (χ2v) is 6.92. The average molecular weight is 292 g/mol. The maximum atomic E-state index is 13.1. The van der Waals surface area contributed by atoms with Gasteiger partial charge in [0.25, 0.3) is 0 Å². The maximum absolute atomic E-state index is 13.1. The van der Waals surface area contributed by atoms with Crippen molar-refractivity contribution in [3.8, 4) is 0 Å². The molecule has 0 radical (unpaired) electrons. The normalized spacial score (nSPS) is 17.5. The van der Waals surface area contributed by atoms with Crippen LogP contribution in [-0.2, 0) is 0 Å². The van der Waals surface area contributed by atoms with E-state index in [2.05, 4.69) is 10.6 Å². The van der Waals surface area contributed by atoms with Gasteiger partial charge in [-0.15, -0.1) is 0 Å². The molecule has 3 nitrogen and oxygen atoms in total. The van der Waals surface area contributed by atoms with Gasteiger partial charge in [-0.1, -0.05) is 25.0 Å². The largest absolute Gasteiger partial charge is 0.334 e. The predicted molar refractivity (Wildman–Crippen MR) is 82.5 cm³/mol. The zero-order chi connectivity index (χ0) is 15.5. The first kappa shape index (κ1) is 15.8. The minimum atomic E-state index is -0.271. The highest BCUT2D eigenvalue weighted by Gasteiger charge is 2.28. The van der Waals surface area contributed by atoms with Crippen LogP contribution in [0.4, 0.5) is 9.18 Å². The minimum absolute atomic E-state index is 0.0459. The molecule has 21 heavy (non-hydrogen) atoms. The number of rotatable bonds is 3. The lowest BCUT2D eigenvalue weighted by molar-refractivity contribution is 0.222. The van der Waals surface area contributed by atoms with E-state index in [-0.39, 0.29) is 23.4 Å². The van der Waals surface area contributed by atoms with Crippen LogP contribution in [0.15, 0.2) is 24.3 Å². The van der Waals surface area contributed by atoms with Crippen molar-refractivity contribution >= 4 is 6.03 Å². The highest BCUT2D eigenvalue weighted by atomic mass is 19.1. The van der Waals surface area contributed by atoms with Crippen LogP contribution in [0.5, 0.6) is 0 Å². The van der Waals surface area contributed by atoms with Crippen LogP contribution in [0.25, 0.3) is 0 Å². The van der Waals surface area contributed by atoms with Crippen molar-refractivity contribution in [1.29, 1.82) is 0 Å². The van der Waals surface area contributed by atoms with Crippen LogP contribution in [0, 0.1) is 11.7 Å². The van der Waals surface area contributed by atoms with E-state index >= 15 is 0 Å². The summed E-state index contributed by atoms with van der Waals surface area (Å²) >= 11 is 0. The maximum Gasteiger partial charge on any atom is 0.315 e. The Kier molecular flexibility index (Phi) is 4.86. The number of carbonyl (C=O) groups is 1. The monoisotopic (exact) mass is 292 g/mol. The fourth-order valence-electron chi connectivity index (χ4n) is 2.95. The second kappa shape index (κ2) is 6.46. The van der Waals surface area contributed by atoms with Crippen LogP contribution in [0.1, 0.15) is 58.1 Å². The molecule has 2 rings (SSSR count). The van der Waals surface area contributed by atoms with E-state index < -0.39 is 0 Å². The molecule has 1 atom stereocenters. The number of nitrogens with one attached hydrogen (secondary N) is 2. The van der Waals surface area contributed by atoms with Crippen LogP contribution in [0.2, 0.25) is 0 Å². The first-order chi connectivity index (χ1) is 9.85. The number of urea groups is 1. The lowest BCUT2D eigenvalue weighted by atomic mass is 9.91. The molecule has 1 aliphatic carbocycles. The molecule has 4 heteroatoms. The Morgan fingerprint density at radius 2 is 1.76 bits per heavy atom. The molecule has 1 aromatic rings. The Morgan fingerprint density at radius 3 is 2.29 bits per heavy atom. The van der Waals surface area contributed by atoms with Gasteiger partial charge in [-0.2, -0.15) is 0 Å².